The molecule has 0 unspecified atom stereocenters. The third kappa shape index (κ3) is 12.5. The summed E-state index contributed by atoms with van der Waals surface area (Å²) >= 11 is 0. The van der Waals surface area contributed by atoms with Crippen LogP contribution in [0.25, 0.3) is 43.8 Å². The van der Waals surface area contributed by atoms with Gasteiger partial charge in [0, 0.05) is 97.8 Å². The van der Waals surface area contributed by atoms with Gasteiger partial charge in [0.05, 0.1) is 0 Å². The second-order valence-corrected chi connectivity index (χ2v) is 37.9. The molecule has 108 heavy (non-hydrogen) atoms. The molecule has 0 heterocycles. The molecule has 17 aromatic carbocycles. The first-order valence-corrected chi connectivity index (χ1v) is 43.0. The maximum absolute atomic E-state index is 15.7. The lowest BCUT2D eigenvalue weighted by Gasteiger charge is -2.28. The van der Waals surface area contributed by atoms with E-state index >= 15 is 18.3 Å². The van der Waals surface area contributed by atoms with E-state index in [0.29, 0.717) is 0 Å². The molecular formula is C98H72N2O4P4. The summed E-state index contributed by atoms with van der Waals surface area (Å²) in [7, 11) is -13.2. The molecule has 0 saturated heterocycles. The Morgan fingerprint density at radius 1 is 0.139 bits per heavy atom. The van der Waals surface area contributed by atoms with Crippen molar-refractivity contribution in [2.75, 3.05) is 9.80 Å². The molecule has 6 nitrogen and oxygen atoms in total. The van der Waals surface area contributed by atoms with Gasteiger partial charge in [-0.3, -0.25) is 0 Å². The number of fused-ring (bicyclic) bond motifs is 2. The molecule has 17 rings (SSSR count). The zero-order valence-corrected chi connectivity index (χ0v) is 62.5. The molecule has 0 aliphatic carbocycles. The molecule has 0 aliphatic rings. The minimum atomic E-state index is -3.30. The van der Waals surface area contributed by atoms with Crippen LogP contribution in [0.5, 0.6) is 0 Å². The Morgan fingerprint density at radius 3 is 0.426 bits per heavy atom. The molecule has 0 N–H and O–H groups in total. The quantitative estimate of drug-likeness (QED) is 0.0559. The summed E-state index contributed by atoms with van der Waals surface area (Å²) in [6.45, 7) is 0. The molecule has 0 spiro atoms. The van der Waals surface area contributed by atoms with Crippen LogP contribution in [0.15, 0.2) is 437 Å². The average molecular weight is 1470 g/mol. The topological polar surface area (TPSA) is 74.8 Å². The first-order chi connectivity index (χ1) is 53.1. The number of hydrogen-bond donors (Lipinski definition) is 0. The lowest BCUT2D eigenvalue weighted by Crippen LogP contribution is -2.25. The standard InChI is InChI=1S/C98H72N2O4P4/c101-105(81-29-9-1-10-30-81,82-31-11-2-12-32-82)89-65-57-77(58-66-89)99(78-59-67-90(68-60-78)106(102,83-33-13-3-14-34-83)84-35-15-4-16-36-84)75-53-49-73(50-54-75)97-93-45-25-27-47-95(93)98(96-48-28-26-46-94(96)97)74-51-55-76(56-52-74)100(79-61-69-91(70-62-79)107(103,85-37-17-5-18-38-85)86-39-19-6-20-40-86)80-63-71-92(72-64-80)108(104,87-41-21-7-22-42-87)88-43-23-8-24-44-88/h1-72H. The zero-order valence-electron chi connectivity index (χ0n) is 58.9. The fourth-order valence-electron chi connectivity index (χ4n) is 15.3. The zero-order chi connectivity index (χ0) is 73.1. The largest absolute Gasteiger partial charge is 0.311 e. The highest BCUT2D eigenvalue weighted by Gasteiger charge is 2.35. The molecular weight excluding hydrogens is 1390 g/mol. The predicted octanol–water partition coefficient (Wildman–Crippen LogP) is 20.8. The SMILES string of the molecule is O=P(c1ccccc1)(c1ccccc1)c1ccc(N(c2ccc(-c3c4ccccc4c(-c4ccc(N(c5ccc(P(=O)(c6ccccc6)c6ccccc6)cc5)c5ccc(P(=O)(c6ccccc6)c6ccccc6)cc5)cc4)c4ccccc34)cc2)c2ccc(P(=O)(c3ccccc3)c3ccccc3)cc2)cc1. The molecule has 10 heteroatoms. The summed E-state index contributed by atoms with van der Waals surface area (Å²) in [5, 5.41) is 13.4. The lowest BCUT2D eigenvalue weighted by atomic mass is 9.86. The maximum Gasteiger partial charge on any atom is 0.171 e. The van der Waals surface area contributed by atoms with Crippen molar-refractivity contribution in [3.05, 3.63) is 437 Å². The molecule has 0 fully saturated rings. The molecule has 0 aromatic heterocycles. The van der Waals surface area contributed by atoms with Gasteiger partial charge in [0.2, 0.25) is 0 Å². The minimum Gasteiger partial charge on any atom is -0.311 e. The summed E-state index contributed by atoms with van der Waals surface area (Å²) in [6.07, 6.45) is 0. The van der Waals surface area contributed by atoms with E-state index in [1.807, 2.05) is 291 Å². The van der Waals surface area contributed by atoms with E-state index in [0.717, 1.165) is 142 Å². The Hall–Kier alpha value is -12.2. The molecule has 0 saturated carbocycles. The van der Waals surface area contributed by atoms with Gasteiger partial charge >= 0.3 is 0 Å². The summed E-state index contributed by atoms with van der Waals surface area (Å²) in [4.78, 5) is 4.42. The minimum absolute atomic E-state index is 0.722. The van der Waals surface area contributed by atoms with E-state index in [1.165, 1.54) is 0 Å². The van der Waals surface area contributed by atoms with Gasteiger partial charge in [-0.2, -0.15) is 0 Å². The van der Waals surface area contributed by atoms with Crippen LogP contribution in [0.2, 0.25) is 0 Å². The first kappa shape index (κ1) is 68.9. The van der Waals surface area contributed by atoms with Crippen molar-refractivity contribution in [3.8, 4) is 22.3 Å². The Labute approximate surface area is 630 Å². The van der Waals surface area contributed by atoms with Crippen molar-refractivity contribution in [1.82, 2.24) is 0 Å². The van der Waals surface area contributed by atoms with E-state index in [4.69, 9.17) is 0 Å². The number of rotatable bonds is 20. The van der Waals surface area contributed by atoms with Crippen molar-refractivity contribution in [2.45, 2.75) is 0 Å². The van der Waals surface area contributed by atoms with E-state index in [-0.39, 0.29) is 0 Å². The van der Waals surface area contributed by atoms with Crippen molar-refractivity contribution in [3.63, 3.8) is 0 Å². The predicted molar refractivity (Wildman–Crippen MR) is 459 cm³/mol. The van der Waals surface area contributed by atoms with E-state index in [1.54, 1.807) is 0 Å². The highest BCUT2D eigenvalue weighted by molar-refractivity contribution is 7.86. The summed E-state index contributed by atoms with van der Waals surface area (Å²) in [5.41, 5.74) is 9.51. The van der Waals surface area contributed by atoms with Gasteiger partial charge in [0.25, 0.3) is 0 Å². The van der Waals surface area contributed by atoms with Gasteiger partial charge in [0.15, 0.2) is 28.6 Å². The second-order valence-electron chi connectivity index (χ2n) is 26.8. The third-order valence-electron chi connectivity index (χ3n) is 20.6. The second kappa shape index (κ2) is 29.6. The van der Waals surface area contributed by atoms with Crippen molar-refractivity contribution < 1.29 is 18.3 Å². The van der Waals surface area contributed by atoms with E-state index in [2.05, 4.69) is 155 Å². The molecule has 0 radical (unpaired) electrons. The van der Waals surface area contributed by atoms with Gasteiger partial charge in [-0.25, -0.2) is 0 Å². The fraction of sp³-hybridized carbons (Fsp3) is 0. The van der Waals surface area contributed by atoms with Crippen molar-refractivity contribution in [1.29, 1.82) is 0 Å². The van der Waals surface area contributed by atoms with Crippen LogP contribution >= 0.6 is 28.6 Å². The van der Waals surface area contributed by atoms with E-state index in [9.17, 15) is 0 Å². The number of hydrogen-bond acceptors (Lipinski definition) is 6. The van der Waals surface area contributed by atoms with Crippen LogP contribution in [-0.4, -0.2) is 0 Å². The van der Waals surface area contributed by atoms with Gasteiger partial charge in [-0.15, -0.1) is 0 Å². The molecule has 0 amide bonds. The number of anilines is 6. The first-order valence-electron chi connectivity index (χ1n) is 36.1. The van der Waals surface area contributed by atoms with Crippen molar-refractivity contribution in [2.24, 2.45) is 0 Å². The Bertz CT molecular complexity index is 5330. The van der Waals surface area contributed by atoms with Crippen LogP contribution in [0, 0.1) is 0 Å². The van der Waals surface area contributed by atoms with Crippen LogP contribution < -0.4 is 73.5 Å². The van der Waals surface area contributed by atoms with Gasteiger partial charge in [0.1, 0.15) is 0 Å². The monoisotopic (exact) mass is 1460 g/mol. The number of nitrogens with zero attached hydrogens (tertiary/aromatic N) is 2. The smallest absolute Gasteiger partial charge is 0.171 e. The van der Waals surface area contributed by atoms with Crippen LogP contribution in [-0.2, 0) is 18.3 Å². The summed E-state index contributed by atoms with van der Waals surface area (Å²) in [6, 6.07) is 145. The Kier molecular flexibility index (Phi) is 18.9. The fourth-order valence-corrected chi connectivity index (χ4v) is 25.9. The molecule has 0 aliphatic heterocycles. The lowest BCUT2D eigenvalue weighted by molar-refractivity contribution is 0.591. The van der Waals surface area contributed by atoms with Crippen molar-refractivity contribution >= 4 is 148 Å². The van der Waals surface area contributed by atoms with Gasteiger partial charge < -0.3 is 28.1 Å². The summed E-state index contributed by atoms with van der Waals surface area (Å²) < 4.78 is 63.0. The summed E-state index contributed by atoms with van der Waals surface area (Å²) in [5.74, 6) is 0. The average Bonchev–Trinajstić information content (AvgIpc) is 0.675. The van der Waals surface area contributed by atoms with E-state index < -0.39 is 28.6 Å². The maximum atomic E-state index is 15.7. The van der Waals surface area contributed by atoms with Gasteiger partial charge in [-0.1, -0.05) is 315 Å². The highest BCUT2D eigenvalue weighted by Crippen LogP contribution is 2.50. The molecule has 0 bridgehead atoms. The van der Waals surface area contributed by atoms with Crippen LogP contribution in [0.3, 0.4) is 0 Å². The van der Waals surface area contributed by atoms with Crippen LogP contribution in [0.4, 0.5) is 34.1 Å². The molecule has 0 atom stereocenters. The van der Waals surface area contributed by atoms with Crippen LogP contribution in [0.1, 0.15) is 0 Å². The Morgan fingerprint density at radius 2 is 0.269 bits per heavy atom. The Balaban J connectivity index is 0.760. The normalized spacial score (nSPS) is 11.9. The molecule has 17 aromatic rings. The third-order valence-corrected chi connectivity index (χ3v) is 32.9. The highest BCUT2D eigenvalue weighted by atomic mass is 31.2. The number of benzene rings is 17. The molecule has 518 valence electrons. The van der Waals surface area contributed by atoms with Gasteiger partial charge in [-0.05, 0) is 165 Å².